The van der Waals surface area contributed by atoms with Crippen LogP contribution < -0.4 is 0 Å². The third-order valence-electron chi connectivity index (χ3n) is 6.94. The number of methoxy groups -OCH3 is 1. The van der Waals surface area contributed by atoms with Gasteiger partial charge in [0.25, 0.3) is 11.7 Å². The minimum absolute atomic E-state index is 0.0199. The van der Waals surface area contributed by atoms with E-state index in [4.69, 9.17) is 9.47 Å². The molecule has 2 fully saturated rings. The Kier molecular flexibility index (Phi) is 8.67. The average molecular weight is 543 g/mol. The molecule has 1 N–H and O–H groups in total. The molecule has 38 heavy (non-hydrogen) atoms. The van der Waals surface area contributed by atoms with Gasteiger partial charge >= 0.3 is 0 Å². The van der Waals surface area contributed by atoms with Crippen LogP contribution in [0.2, 0.25) is 0 Å². The summed E-state index contributed by atoms with van der Waals surface area (Å²) >= 11 is 0. The number of morpholine rings is 1. The Balaban J connectivity index is 1.72. The van der Waals surface area contributed by atoms with E-state index in [0.29, 0.717) is 37.7 Å². The van der Waals surface area contributed by atoms with Crippen LogP contribution in [0.5, 0.6) is 0 Å². The van der Waals surface area contributed by atoms with Gasteiger partial charge in [0.2, 0.25) is 10.0 Å². The second-order valence-electron chi connectivity index (χ2n) is 9.70. The van der Waals surface area contributed by atoms with Crippen LogP contribution in [0, 0.1) is 0 Å². The van der Waals surface area contributed by atoms with Gasteiger partial charge in [0.1, 0.15) is 5.76 Å². The molecule has 0 aromatic heterocycles. The first-order valence-corrected chi connectivity index (χ1v) is 14.2. The van der Waals surface area contributed by atoms with Gasteiger partial charge in [-0.05, 0) is 47.7 Å². The number of hydrogen-bond acceptors (Lipinski definition) is 7. The third kappa shape index (κ3) is 5.54. The Hall–Kier alpha value is -3.05. The van der Waals surface area contributed by atoms with Crippen LogP contribution in [0.1, 0.15) is 48.9 Å². The molecule has 2 aromatic carbocycles. The lowest BCUT2D eigenvalue weighted by Crippen LogP contribution is -2.40. The first-order valence-electron chi connectivity index (χ1n) is 12.7. The van der Waals surface area contributed by atoms with Gasteiger partial charge in [-0.15, -0.1) is 0 Å². The summed E-state index contributed by atoms with van der Waals surface area (Å²) in [4.78, 5) is 27.8. The van der Waals surface area contributed by atoms with Gasteiger partial charge < -0.3 is 19.5 Å². The number of aliphatic hydroxyl groups excluding tert-OH is 1. The average Bonchev–Trinajstić information content (AvgIpc) is 3.18. The van der Waals surface area contributed by atoms with Crippen LogP contribution in [0.25, 0.3) is 5.76 Å². The molecule has 2 saturated heterocycles. The van der Waals surface area contributed by atoms with E-state index in [-0.39, 0.29) is 41.4 Å². The molecule has 10 heteroatoms. The highest BCUT2D eigenvalue weighted by Gasteiger charge is 2.45. The van der Waals surface area contributed by atoms with Crippen molar-refractivity contribution in [3.8, 4) is 0 Å². The van der Waals surface area contributed by atoms with E-state index in [1.807, 2.05) is 24.3 Å². The predicted molar refractivity (Wildman–Crippen MR) is 142 cm³/mol. The molecule has 0 bridgehead atoms. The number of rotatable bonds is 9. The first kappa shape index (κ1) is 28.0. The van der Waals surface area contributed by atoms with Crippen molar-refractivity contribution in [1.29, 1.82) is 0 Å². The number of carbonyl (C=O) groups is 2. The summed E-state index contributed by atoms with van der Waals surface area (Å²) in [6, 6.07) is 12.6. The Labute approximate surface area is 223 Å². The van der Waals surface area contributed by atoms with Gasteiger partial charge in [-0.2, -0.15) is 4.31 Å². The van der Waals surface area contributed by atoms with Gasteiger partial charge in [0, 0.05) is 38.9 Å². The maximum Gasteiger partial charge on any atom is 0.295 e. The van der Waals surface area contributed by atoms with Crippen molar-refractivity contribution in [3.63, 3.8) is 0 Å². The Morgan fingerprint density at radius 1 is 1.05 bits per heavy atom. The first-order chi connectivity index (χ1) is 18.2. The fourth-order valence-corrected chi connectivity index (χ4v) is 6.18. The summed E-state index contributed by atoms with van der Waals surface area (Å²) in [5.74, 6) is -1.50. The minimum atomic E-state index is -3.72. The van der Waals surface area contributed by atoms with Gasteiger partial charge in [0.05, 0.1) is 29.7 Å². The number of Topliss-reactive ketones (excluding diaryl/α,β-unsaturated/α-hetero) is 1. The molecule has 4 rings (SSSR count). The van der Waals surface area contributed by atoms with Crippen molar-refractivity contribution in [1.82, 2.24) is 9.21 Å². The van der Waals surface area contributed by atoms with Gasteiger partial charge in [-0.3, -0.25) is 9.59 Å². The zero-order chi connectivity index (χ0) is 27.4. The Morgan fingerprint density at radius 3 is 2.26 bits per heavy atom. The molecule has 204 valence electrons. The molecule has 1 amide bonds. The van der Waals surface area contributed by atoms with Crippen LogP contribution in [0.3, 0.4) is 0 Å². The Bertz CT molecular complexity index is 1300. The normalized spacial score (nSPS) is 20.4. The van der Waals surface area contributed by atoms with Crippen molar-refractivity contribution in [3.05, 3.63) is 70.8 Å². The second-order valence-corrected chi connectivity index (χ2v) is 11.6. The fraction of sp³-hybridized carbons (Fsp3) is 0.429. The summed E-state index contributed by atoms with van der Waals surface area (Å²) in [6.45, 7) is 6.06. The molecule has 1 atom stereocenters. The monoisotopic (exact) mass is 542 g/mol. The molecule has 2 aliphatic rings. The van der Waals surface area contributed by atoms with Crippen LogP contribution in [-0.4, -0.2) is 81.0 Å². The summed E-state index contributed by atoms with van der Waals surface area (Å²) in [5, 5.41) is 11.3. The molecule has 0 aliphatic carbocycles. The van der Waals surface area contributed by atoms with Crippen molar-refractivity contribution in [2.45, 2.75) is 37.1 Å². The molecule has 2 aliphatic heterocycles. The highest BCUT2D eigenvalue weighted by molar-refractivity contribution is 7.89. The van der Waals surface area contributed by atoms with E-state index >= 15 is 0 Å². The lowest BCUT2D eigenvalue weighted by molar-refractivity contribution is -0.140. The lowest BCUT2D eigenvalue weighted by Gasteiger charge is -2.26. The molecule has 2 aromatic rings. The maximum atomic E-state index is 13.2. The maximum absolute atomic E-state index is 13.2. The smallest absolute Gasteiger partial charge is 0.295 e. The van der Waals surface area contributed by atoms with E-state index in [0.717, 1.165) is 5.56 Å². The summed E-state index contributed by atoms with van der Waals surface area (Å²) in [7, 11) is -2.15. The highest BCUT2D eigenvalue weighted by Crippen LogP contribution is 2.40. The van der Waals surface area contributed by atoms with Gasteiger partial charge in [0.15, 0.2) is 0 Å². The molecular formula is C28H34N2O7S. The highest BCUT2D eigenvalue weighted by atomic mass is 32.2. The number of likely N-dealkylation sites (tertiary alicyclic amines) is 1. The largest absolute Gasteiger partial charge is 0.507 e. The Morgan fingerprint density at radius 2 is 1.68 bits per heavy atom. The number of carbonyl (C=O) groups excluding carboxylic acids is 2. The zero-order valence-corrected chi connectivity index (χ0v) is 22.7. The quantitative estimate of drug-likeness (QED) is 0.224. The molecule has 0 saturated carbocycles. The molecule has 2 heterocycles. The van der Waals surface area contributed by atoms with E-state index < -0.39 is 27.8 Å². The van der Waals surface area contributed by atoms with E-state index in [1.54, 1.807) is 7.11 Å². The predicted octanol–water partition coefficient (Wildman–Crippen LogP) is 3.29. The molecule has 9 nitrogen and oxygen atoms in total. The van der Waals surface area contributed by atoms with Crippen molar-refractivity contribution < 1.29 is 32.6 Å². The van der Waals surface area contributed by atoms with Gasteiger partial charge in [-0.1, -0.05) is 38.1 Å². The standard InChI is InChI=1S/C28H34N2O7S/c1-19(2)20-5-7-21(8-6-20)25-24(27(32)28(33)30(25)13-4-16-36-3)26(31)22-9-11-23(12-10-22)38(34,35)29-14-17-37-18-15-29/h5-12,19,25,31H,4,13-18H2,1-3H3/t25-/m1/s1. The number of benzene rings is 2. The van der Waals surface area contributed by atoms with E-state index in [1.165, 1.54) is 33.5 Å². The molecule has 0 radical (unpaired) electrons. The van der Waals surface area contributed by atoms with Crippen LogP contribution >= 0.6 is 0 Å². The van der Waals surface area contributed by atoms with E-state index in [9.17, 15) is 23.1 Å². The topological polar surface area (TPSA) is 113 Å². The number of aliphatic hydroxyl groups is 1. The van der Waals surface area contributed by atoms with Crippen LogP contribution in [-0.2, 0) is 29.1 Å². The van der Waals surface area contributed by atoms with Crippen molar-refractivity contribution in [2.75, 3.05) is 46.6 Å². The van der Waals surface area contributed by atoms with Crippen LogP contribution in [0.15, 0.2) is 59.0 Å². The third-order valence-corrected chi connectivity index (χ3v) is 8.85. The number of amides is 1. The number of sulfonamides is 1. The summed E-state index contributed by atoms with van der Waals surface area (Å²) in [6.07, 6.45) is 0.526. The van der Waals surface area contributed by atoms with Gasteiger partial charge in [-0.25, -0.2) is 8.42 Å². The number of hydrogen-bond donors (Lipinski definition) is 1. The molecule has 0 unspecified atom stereocenters. The SMILES string of the molecule is COCCCN1C(=O)C(=O)C(=C(O)c2ccc(S(=O)(=O)N3CCOCC3)cc2)[C@H]1c1ccc(C(C)C)cc1. The van der Waals surface area contributed by atoms with Crippen molar-refractivity contribution >= 4 is 27.5 Å². The number of ketones is 1. The second kappa shape index (κ2) is 11.8. The molecule has 0 spiro atoms. The number of nitrogens with zero attached hydrogens (tertiary/aromatic N) is 2. The van der Waals surface area contributed by atoms with Crippen LogP contribution in [0.4, 0.5) is 0 Å². The summed E-state index contributed by atoms with van der Waals surface area (Å²) < 4.78 is 37.7. The fourth-order valence-electron chi connectivity index (χ4n) is 4.78. The lowest BCUT2D eigenvalue weighted by atomic mass is 9.93. The zero-order valence-electron chi connectivity index (χ0n) is 21.9. The molecular weight excluding hydrogens is 508 g/mol. The van der Waals surface area contributed by atoms with Crippen molar-refractivity contribution in [2.24, 2.45) is 0 Å². The minimum Gasteiger partial charge on any atom is -0.507 e. The number of ether oxygens (including phenoxy) is 2. The van der Waals surface area contributed by atoms with E-state index in [2.05, 4.69) is 13.8 Å². The summed E-state index contributed by atoms with van der Waals surface area (Å²) in [5.41, 5.74) is 2.05.